The maximum Gasteiger partial charge on any atom is 0.408 e. The molecule has 1 aliphatic heterocycles. The monoisotopic (exact) mass is 528 g/mol. The number of hydrogen-bond donors (Lipinski definition) is 1. The zero-order chi connectivity index (χ0) is 27.8. The fourth-order valence-corrected chi connectivity index (χ4v) is 4.82. The van der Waals surface area contributed by atoms with E-state index >= 15 is 0 Å². The van der Waals surface area contributed by atoms with E-state index in [1.165, 1.54) is 4.90 Å². The Morgan fingerprint density at radius 1 is 0.921 bits per heavy atom. The van der Waals surface area contributed by atoms with Crippen molar-refractivity contribution in [3.8, 4) is 11.1 Å². The largest absolute Gasteiger partial charge is 0.446 e. The summed E-state index contributed by atoms with van der Waals surface area (Å²) in [6.45, 7) is 8.31. The molecule has 3 rings (SSSR count). The van der Waals surface area contributed by atoms with Crippen molar-refractivity contribution in [3.63, 3.8) is 0 Å². The molecule has 0 spiro atoms. The number of carbonyl (C=O) groups is 2. The Hall–Kier alpha value is -2.96. The highest BCUT2D eigenvalue weighted by Crippen LogP contribution is 2.29. The maximum atomic E-state index is 13.4. The van der Waals surface area contributed by atoms with Crippen LogP contribution in [0.3, 0.4) is 0 Å². The lowest BCUT2D eigenvalue weighted by atomic mass is 9.92. The SMILES string of the molecule is CCCCCC(CCC)OC(=O)NC(C)(C)c1ccc(-c2ccc(C(=O)N3CCC(F)(F)CC3)cc2)cc1. The van der Waals surface area contributed by atoms with Gasteiger partial charge in [0, 0.05) is 31.5 Å². The number of halogens is 2. The lowest BCUT2D eigenvalue weighted by Gasteiger charge is -2.31. The average Bonchev–Trinajstić information content (AvgIpc) is 2.88. The molecule has 1 N–H and O–H groups in total. The van der Waals surface area contributed by atoms with E-state index in [1.807, 2.05) is 50.2 Å². The Bertz CT molecular complexity index is 1040. The lowest BCUT2D eigenvalue weighted by Crippen LogP contribution is -2.42. The second-order valence-corrected chi connectivity index (χ2v) is 10.9. The summed E-state index contributed by atoms with van der Waals surface area (Å²) in [7, 11) is 0. The molecule has 7 heteroatoms. The van der Waals surface area contributed by atoms with E-state index in [-0.39, 0.29) is 37.9 Å². The smallest absolute Gasteiger partial charge is 0.408 e. The molecule has 38 heavy (non-hydrogen) atoms. The fraction of sp³-hybridized carbons (Fsp3) is 0.548. The van der Waals surface area contributed by atoms with Crippen molar-refractivity contribution in [1.29, 1.82) is 0 Å². The van der Waals surface area contributed by atoms with Crippen molar-refractivity contribution in [3.05, 3.63) is 59.7 Å². The van der Waals surface area contributed by atoms with Gasteiger partial charge in [0.25, 0.3) is 11.8 Å². The minimum Gasteiger partial charge on any atom is -0.446 e. The topological polar surface area (TPSA) is 58.6 Å². The van der Waals surface area contributed by atoms with E-state index in [1.54, 1.807) is 12.1 Å². The summed E-state index contributed by atoms with van der Waals surface area (Å²) in [5, 5.41) is 3.02. The standard InChI is InChI=1S/C31H42F2N2O3/c1-5-7-8-10-27(9-6-2)38-29(37)34-30(3,4)26-17-15-24(16-18-26)23-11-13-25(14-12-23)28(36)35-21-19-31(32,33)20-22-35/h11-18,27H,5-10,19-22H2,1-4H3,(H,34,37). The number of alkyl carbamates (subject to hydrolysis) is 1. The molecule has 2 aromatic carbocycles. The van der Waals surface area contributed by atoms with Crippen LogP contribution in [0.25, 0.3) is 11.1 Å². The van der Waals surface area contributed by atoms with Crippen LogP contribution in [0.15, 0.2) is 48.5 Å². The lowest BCUT2D eigenvalue weighted by molar-refractivity contribution is -0.0494. The molecule has 1 fully saturated rings. The van der Waals surface area contributed by atoms with Crippen LogP contribution in [-0.2, 0) is 10.3 Å². The predicted molar refractivity (Wildman–Crippen MR) is 147 cm³/mol. The molecule has 5 nitrogen and oxygen atoms in total. The molecule has 1 saturated heterocycles. The van der Waals surface area contributed by atoms with E-state index in [0.29, 0.717) is 5.56 Å². The van der Waals surface area contributed by atoms with Gasteiger partial charge in [0.2, 0.25) is 0 Å². The van der Waals surface area contributed by atoms with E-state index in [9.17, 15) is 18.4 Å². The van der Waals surface area contributed by atoms with Gasteiger partial charge in [0.1, 0.15) is 6.10 Å². The number of benzene rings is 2. The van der Waals surface area contributed by atoms with Crippen molar-refractivity contribution in [2.45, 2.75) is 96.6 Å². The molecular formula is C31H42F2N2O3. The van der Waals surface area contributed by atoms with E-state index < -0.39 is 17.6 Å². The molecule has 1 aliphatic rings. The second-order valence-electron chi connectivity index (χ2n) is 10.9. The van der Waals surface area contributed by atoms with Crippen LogP contribution in [0.5, 0.6) is 0 Å². The first-order valence-corrected chi connectivity index (χ1v) is 13.9. The van der Waals surface area contributed by atoms with Gasteiger partial charge >= 0.3 is 6.09 Å². The molecule has 0 saturated carbocycles. The molecule has 208 valence electrons. The molecule has 1 unspecified atom stereocenters. The van der Waals surface area contributed by atoms with Crippen LogP contribution in [-0.4, -0.2) is 42.0 Å². The van der Waals surface area contributed by atoms with Crippen LogP contribution in [0.4, 0.5) is 13.6 Å². The number of amides is 2. The number of ether oxygens (including phenoxy) is 1. The number of alkyl halides is 2. The number of hydrogen-bond acceptors (Lipinski definition) is 3. The highest BCUT2D eigenvalue weighted by atomic mass is 19.3. The quantitative estimate of drug-likeness (QED) is 0.301. The van der Waals surface area contributed by atoms with Gasteiger partial charge in [-0.05, 0) is 61.9 Å². The van der Waals surface area contributed by atoms with Crippen LogP contribution in [0.2, 0.25) is 0 Å². The molecule has 1 atom stereocenters. The van der Waals surface area contributed by atoms with Crippen molar-refractivity contribution < 1.29 is 23.1 Å². The predicted octanol–water partition coefficient (Wildman–Crippen LogP) is 7.94. The number of rotatable bonds is 11. The average molecular weight is 529 g/mol. The third kappa shape index (κ3) is 8.27. The van der Waals surface area contributed by atoms with Gasteiger partial charge < -0.3 is 15.0 Å². The molecule has 2 amide bonds. The zero-order valence-corrected chi connectivity index (χ0v) is 23.2. The van der Waals surface area contributed by atoms with Gasteiger partial charge in [-0.3, -0.25) is 4.79 Å². The molecular weight excluding hydrogens is 486 g/mol. The Kier molecular flexibility index (Phi) is 10.3. The Morgan fingerprint density at radius 3 is 2.05 bits per heavy atom. The summed E-state index contributed by atoms with van der Waals surface area (Å²) in [5.74, 6) is -2.89. The summed E-state index contributed by atoms with van der Waals surface area (Å²) in [4.78, 5) is 26.9. The van der Waals surface area contributed by atoms with Crippen LogP contribution < -0.4 is 5.32 Å². The third-order valence-electron chi connectivity index (χ3n) is 7.28. The molecule has 1 heterocycles. The first kappa shape index (κ1) is 29.6. The first-order valence-electron chi connectivity index (χ1n) is 13.9. The maximum absolute atomic E-state index is 13.4. The Labute approximate surface area is 225 Å². The van der Waals surface area contributed by atoms with Crippen LogP contribution in [0, 0.1) is 0 Å². The molecule has 0 aliphatic carbocycles. The van der Waals surface area contributed by atoms with E-state index in [2.05, 4.69) is 19.2 Å². The minimum absolute atomic E-state index is 0.0598. The van der Waals surface area contributed by atoms with Gasteiger partial charge in [-0.25, -0.2) is 13.6 Å². The highest BCUT2D eigenvalue weighted by Gasteiger charge is 2.35. The van der Waals surface area contributed by atoms with Crippen LogP contribution >= 0.6 is 0 Å². The number of nitrogens with zero attached hydrogens (tertiary/aromatic N) is 1. The number of unbranched alkanes of at least 4 members (excludes halogenated alkanes) is 2. The van der Waals surface area contributed by atoms with E-state index in [4.69, 9.17) is 4.74 Å². The van der Waals surface area contributed by atoms with Crippen molar-refractivity contribution in [2.75, 3.05) is 13.1 Å². The Morgan fingerprint density at radius 2 is 1.50 bits per heavy atom. The number of likely N-dealkylation sites (tertiary alicyclic amines) is 1. The summed E-state index contributed by atoms with van der Waals surface area (Å²) in [5.41, 5.74) is 2.75. The molecule has 2 aromatic rings. The van der Waals surface area contributed by atoms with Crippen molar-refractivity contribution in [2.24, 2.45) is 0 Å². The molecule has 0 aromatic heterocycles. The van der Waals surface area contributed by atoms with Gasteiger partial charge in [0.05, 0.1) is 5.54 Å². The second kappa shape index (κ2) is 13.2. The van der Waals surface area contributed by atoms with Gasteiger partial charge in [-0.2, -0.15) is 0 Å². The van der Waals surface area contributed by atoms with Gasteiger partial charge in [-0.1, -0.05) is 69.5 Å². The summed E-state index contributed by atoms with van der Waals surface area (Å²) < 4.78 is 32.6. The summed E-state index contributed by atoms with van der Waals surface area (Å²) >= 11 is 0. The number of carbonyl (C=O) groups excluding carboxylic acids is 2. The van der Waals surface area contributed by atoms with E-state index in [0.717, 1.165) is 55.2 Å². The summed E-state index contributed by atoms with van der Waals surface area (Å²) in [6, 6.07) is 15.2. The van der Waals surface area contributed by atoms with Crippen LogP contribution in [0.1, 0.15) is 95.0 Å². The first-order chi connectivity index (χ1) is 18.0. The number of piperidine rings is 1. The number of nitrogens with one attached hydrogen (secondary N) is 1. The Balaban J connectivity index is 1.59. The highest BCUT2D eigenvalue weighted by molar-refractivity contribution is 5.94. The molecule has 0 radical (unpaired) electrons. The fourth-order valence-electron chi connectivity index (χ4n) is 4.82. The van der Waals surface area contributed by atoms with Gasteiger partial charge in [0.15, 0.2) is 0 Å². The normalized spacial score (nSPS) is 16.1. The van der Waals surface area contributed by atoms with Gasteiger partial charge in [-0.15, -0.1) is 0 Å². The third-order valence-corrected chi connectivity index (χ3v) is 7.28. The zero-order valence-electron chi connectivity index (χ0n) is 23.2. The summed E-state index contributed by atoms with van der Waals surface area (Å²) in [6.07, 6.45) is 5.04. The molecule has 0 bridgehead atoms. The van der Waals surface area contributed by atoms with Crippen molar-refractivity contribution in [1.82, 2.24) is 10.2 Å². The minimum atomic E-state index is -2.68. The van der Waals surface area contributed by atoms with Crippen molar-refractivity contribution >= 4 is 12.0 Å².